The van der Waals surface area contributed by atoms with Crippen LogP contribution < -0.4 is 15.0 Å². The summed E-state index contributed by atoms with van der Waals surface area (Å²) in [5.74, 6) is 2.24. The van der Waals surface area contributed by atoms with E-state index >= 15 is 0 Å². The van der Waals surface area contributed by atoms with Gasteiger partial charge < -0.3 is 9.47 Å². The molecule has 4 aromatic rings. The Morgan fingerprint density at radius 1 is 1.02 bits per heavy atom. The van der Waals surface area contributed by atoms with Crippen molar-refractivity contribution in [3.63, 3.8) is 0 Å². The van der Waals surface area contributed by atoms with E-state index < -0.39 is 0 Å². The molecule has 1 aliphatic carbocycles. The lowest BCUT2D eigenvalue weighted by atomic mass is 9.88. The second kappa shape index (κ2) is 13.5. The summed E-state index contributed by atoms with van der Waals surface area (Å²) in [4.78, 5) is 18.6. The molecule has 0 saturated heterocycles. The molecule has 1 saturated carbocycles. The third-order valence-corrected chi connectivity index (χ3v) is 9.37. The van der Waals surface area contributed by atoms with E-state index in [0.717, 1.165) is 59.6 Å². The van der Waals surface area contributed by atoms with Gasteiger partial charge in [0.1, 0.15) is 12.4 Å². The molecule has 3 aromatic carbocycles. The first-order valence-corrected chi connectivity index (χ1v) is 16.6. The molecule has 5 rings (SSSR count). The van der Waals surface area contributed by atoms with Gasteiger partial charge in [0, 0.05) is 24.9 Å². The van der Waals surface area contributed by atoms with Gasteiger partial charge in [-0.1, -0.05) is 73.1 Å². The molecule has 40 heavy (non-hydrogen) atoms. The molecule has 6 nitrogen and oxygen atoms in total. The summed E-state index contributed by atoms with van der Waals surface area (Å²) in [6, 6.07) is 15.5. The average Bonchev–Trinajstić information content (AvgIpc) is 2.94. The van der Waals surface area contributed by atoms with Gasteiger partial charge in [-0.15, -0.1) is 0 Å². The summed E-state index contributed by atoms with van der Waals surface area (Å²) in [5.41, 5.74) is 2.37. The van der Waals surface area contributed by atoms with Gasteiger partial charge in [0.05, 0.1) is 27.3 Å². The summed E-state index contributed by atoms with van der Waals surface area (Å²) in [7, 11) is 0. The van der Waals surface area contributed by atoms with Crippen LogP contribution in [-0.4, -0.2) is 22.5 Å². The van der Waals surface area contributed by atoms with Crippen molar-refractivity contribution >= 4 is 87.5 Å². The Morgan fingerprint density at radius 3 is 2.52 bits per heavy atom. The number of fused-ring (bicyclic) bond motifs is 1. The zero-order chi connectivity index (χ0) is 28.2. The van der Waals surface area contributed by atoms with Crippen LogP contribution in [0.25, 0.3) is 10.9 Å². The number of hydrogen-bond acceptors (Lipinski definition) is 5. The Kier molecular flexibility index (Phi) is 10.0. The minimum Gasteiger partial charge on any atom is -0.490 e. The number of hydrogen-bond donors (Lipinski definition) is 0. The lowest BCUT2D eigenvalue weighted by Crippen LogP contribution is -2.25. The highest BCUT2D eigenvalue weighted by Gasteiger charge is 2.22. The van der Waals surface area contributed by atoms with Gasteiger partial charge >= 0.3 is 0 Å². The van der Waals surface area contributed by atoms with Crippen LogP contribution in [0.5, 0.6) is 11.5 Å². The molecule has 1 heterocycles. The Balaban J connectivity index is 1.50. The number of aromatic nitrogens is 2. The standard InChI is InChI=1S/C30H27Br3IN3O3/c1-2-39-27-13-18(12-25(34)28(27)40-17-20-8-9-22(32)15-24(20)33)16-35-37-29(19-6-4-3-5-7-19)36-26-11-10-21(31)14-23(26)30(37)38/h8-16,19H,2-7,17H2,1H3. The second-order valence-corrected chi connectivity index (χ2v) is 13.5. The van der Waals surface area contributed by atoms with Crippen LogP contribution in [0.15, 0.2) is 71.8 Å². The van der Waals surface area contributed by atoms with E-state index in [1.54, 1.807) is 6.21 Å². The zero-order valence-electron chi connectivity index (χ0n) is 21.8. The third-order valence-electron chi connectivity index (χ3n) is 6.84. The lowest BCUT2D eigenvalue weighted by molar-refractivity contribution is 0.267. The number of halogens is 4. The SMILES string of the molecule is CCOc1cc(C=Nn2c(C3CCCCC3)nc3ccc(Br)cc3c2=O)cc(I)c1OCc1ccc(Br)cc1Br. The van der Waals surface area contributed by atoms with Crippen LogP contribution in [0.3, 0.4) is 0 Å². The van der Waals surface area contributed by atoms with E-state index in [-0.39, 0.29) is 11.5 Å². The monoisotopic (exact) mass is 841 g/mol. The van der Waals surface area contributed by atoms with Gasteiger partial charge in [-0.3, -0.25) is 4.79 Å². The Morgan fingerprint density at radius 2 is 1.77 bits per heavy atom. The number of benzene rings is 3. The molecule has 0 spiro atoms. The lowest BCUT2D eigenvalue weighted by Gasteiger charge is -2.22. The van der Waals surface area contributed by atoms with Crippen LogP contribution in [0.2, 0.25) is 0 Å². The number of ether oxygens (including phenoxy) is 2. The predicted octanol–water partition coefficient (Wildman–Crippen LogP) is 9.20. The molecule has 0 amide bonds. The summed E-state index contributed by atoms with van der Waals surface area (Å²) in [6.07, 6.45) is 7.22. The first-order valence-electron chi connectivity index (χ1n) is 13.1. The summed E-state index contributed by atoms with van der Waals surface area (Å²) >= 11 is 12.8. The fraction of sp³-hybridized carbons (Fsp3) is 0.300. The van der Waals surface area contributed by atoms with Crippen molar-refractivity contribution < 1.29 is 9.47 Å². The summed E-state index contributed by atoms with van der Waals surface area (Å²) in [5, 5.41) is 5.25. The number of nitrogens with zero attached hydrogens (tertiary/aromatic N) is 3. The molecule has 0 bridgehead atoms. The smallest absolute Gasteiger partial charge is 0.282 e. The molecule has 0 unspecified atom stereocenters. The van der Waals surface area contributed by atoms with Crippen LogP contribution in [0, 0.1) is 3.57 Å². The van der Waals surface area contributed by atoms with Gasteiger partial charge in [-0.25, -0.2) is 4.98 Å². The molecule has 1 aliphatic rings. The third kappa shape index (κ3) is 6.82. The molecular weight excluding hydrogens is 817 g/mol. The highest BCUT2D eigenvalue weighted by atomic mass is 127. The van der Waals surface area contributed by atoms with E-state index in [9.17, 15) is 4.79 Å². The van der Waals surface area contributed by atoms with Crippen LogP contribution in [0.4, 0.5) is 0 Å². The van der Waals surface area contributed by atoms with Crippen molar-refractivity contribution in [2.75, 3.05) is 6.61 Å². The molecule has 0 radical (unpaired) electrons. The maximum absolute atomic E-state index is 13.7. The average molecular weight is 844 g/mol. The molecule has 10 heteroatoms. The quantitative estimate of drug-likeness (QED) is 0.131. The highest BCUT2D eigenvalue weighted by Crippen LogP contribution is 2.36. The summed E-state index contributed by atoms with van der Waals surface area (Å²) in [6.45, 7) is 2.82. The van der Waals surface area contributed by atoms with E-state index in [1.165, 1.54) is 11.1 Å². The van der Waals surface area contributed by atoms with Gasteiger partial charge in [-0.2, -0.15) is 9.78 Å². The van der Waals surface area contributed by atoms with E-state index in [0.29, 0.717) is 35.6 Å². The maximum atomic E-state index is 13.7. The van der Waals surface area contributed by atoms with Crippen molar-refractivity contribution in [1.82, 2.24) is 9.66 Å². The summed E-state index contributed by atoms with van der Waals surface area (Å²) < 4.78 is 17.4. The Bertz CT molecular complexity index is 1630. The Labute approximate surface area is 272 Å². The minimum atomic E-state index is -0.164. The molecule has 1 fully saturated rings. The normalized spacial score (nSPS) is 14.2. The van der Waals surface area contributed by atoms with Crippen molar-refractivity contribution in [2.24, 2.45) is 5.10 Å². The molecule has 0 aliphatic heterocycles. The molecule has 208 valence electrons. The van der Waals surface area contributed by atoms with Crippen molar-refractivity contribution in [3.8, 4) is 11.5 Å². The van der Waals surface area contributed by atoms with Crippen LogP contribution >= 0.6 is 70.4 Å². The zero-order valence-corrected chi connectivity index (χ0v) is 28.7. The molecular formula is C30H27Br3IN3O3. The fourth-order valence-corrected chi connectivity index (χ4v) is 7.18. The Hall–Kier alpha value is -1.76. The van der Waals surface area contributed by atoms with E-state index in [2.05, 4.69) is 70.4 Å². The van der Waals surface area contributed by atoms with Gasteiger partial charge in [0.15, 0.2) is 11.5 Å². The van der Waals surface area contributed by atoms with Gasteiger partial charge in [0.2, 0.25) is 0 Å². The van der Waals surface area contributed by atoms with Crippen molar-refractivity contribution in [1.29, 1.82) is 0 Å². The maximum Gasteiger partial charge on any atom is 0.282 e. The first kappa shape index (κ1) is 29.7. The fourth-order valence-electron chi connectivity index (χ4n) is 4.88. The van der Waals surface area contributed by atoms with Crippen molar-refractivity contribution in [2.45, 2.75) is 51.6 Å². The first-order chi connectivity index (χ1) is 19.3. The predicted molar refractivity (Wildman–Crippen MR) is 179 cm³/mol. The van der Waals surface area contributed by atoms with Crippen LogP contribution in [0.1, 0.15) is 61.9 Å². The second-order valence-electron chi connectivity index (χ2n) is 9.62. The van der Waals surface area contributed by atoms with E-state index in [4.69, 9.17) is 19.6 Å². The molecule has 1 aromatic heterocycles. The van der Waals surface area contributed by atoms with Gasteiger partial charge in [0.25, 0.3) is 5.56 Å². The van der Waals surface area contributed by atoms with Crippen molar-refractivity contribution in [3.05, 3.63) is 92.8 Å². The number of rotatable bonds is 8. The molecule has 0 atom stereocenters. The topological polar surface area (TPSA) is 65.7 Å². The van der Waals surface area contributed by atoms with Crippen LogP contribution in [-0.2, 0) is 6.61 Å². The minimum absolute atomic E-state index is 0.164. The van der Waals surface area contributed by atoms with E-state index in [1.807, 2.05) is 55.5 Å². The van der Waals surface area contributed by atoms with Gasteiger partial charge in [-0.05, 0) is 90.4 Å². The molecule has 0 N–H and O–H groups in total. The largest absolute Gasteiger partial charge is 0.490 e. The highest BCUT2D eigenvalue weighted by molar-refractivity contribution is 14.1.